The molecule has 7 heteroatoms. The molecular weight excluding hydrogens is 784 g/mol. The molecule has 0 bridgehead atoms. The molecule has 0 spiro atoms. The quantitative estimate of drug-likeness (QED) is 0.0567. The summed E-state index contributed by atoms with van der Waals surface area (Å²) in [7, 11) is -4.56. The predicted molar refractivity (Wildman–Crippen MR) is 223 cm³/mol. The molecule has 4 aromatic rings. The molecule has 288 valence electrons. The molecule has 2 N–H and O–H groups in total. The van der Waals surface area contributed by atoms with Gasteiger partial charge in [0, 0.05) is 0 Å². The van der Waals surface area contributed by atoms with Crippen molar-refractivity contribution in [3.63, 3.8) is 0 Å². The van der Waals surface area contributed by atoms with Gasteiger partial charge in [-0.2, -0.15) is 0 Å². The second-order valence-electron chi connectivity index (χ2n) is 16.0. The van der Waals surface area contributed by atoms with Gasteiger partial charge in [0.15, 0.2) is 0 Å². The first-order valence-corrected chi connectivity index (χ1v) is 22.1. The van der Waals surface area contributed by atoms with Crippen LogP contribution in [0.25, 0.3) is 22.3 Å². The van der Waals surface area contributed by atoms with Crippen molar-refractivity contribution in [2.45, 2.75) is 128 Å². The van der Waals surface area contributed by atoms with Crippen LogP contribution < -0.4 is 11.0 Å². The van der Waals surface area contributed by atoms with Gasteiger partial charge in [-0.3, -0.25) is 0 Å². The van der Waals surface area contributed by atoms with Crippen LogP contribution in [0.3, 0.4) is 0 Å². The number of benzene rings is 4. The van der Waals surface area contributed by atoms with Crippen LogP contribution in [0.15, 0.2) is 84.9 Å². The Hall–Kier alpha value is -2.32. The van der Waals surface area contributed by atoms with E-state index in [4.69, 9.17) is 5.73 Å². The number of nitrogen functional groups attached to an aromatic ring is 1. The van der Waals surface area contributed by atoms with E-state index in [0.717, 1.165) is 91.9 Å². The van der Waals surface area contributed by atoms with Crippen LogP contribution in [0.1, 0.15) is 140 Å². The number of anilines is 1. The fourth-order valence-corrected chi connectivity index (χ4v) is 12.7. The molecule has 2 fully saturated rings. The topological polar surface area (TPSA) is 83.2 Å². The summed E-state index contributed by atoms with van der Waals surface area (Å²) in [4.78, 5) is 0. The van der Waals surface area contributed by atoms with E-state index >= 15 is 0 Å². The number of para-hydroxylation sites is 1. The second-order valence-corrected chi connectivity index (χ2v) is 19.6. The van der Waals surface area contributed by atoms with Crippen LogP contribution in [0.4, 0.5) is 5.69 Å². The molecule has 2 saturated carbocycles. The molecule has 0 heterocycles. The van der Waals surface area contributed by atoms with Crippen molar-refractivity contribution in [3.8, 4) is 22.3 Å². The van der Waals surface area contributed by atoms with Crippen molar-refractivity contribution >= 4 is 29.7 Å². The molecular formula is C46H60NO3PPdS. The summed E-state index contributed by atoms with van der Waals surface area (Å²) in [5, 5.41) is 1.06. The standard InChI is InChI=1S/C34H51O3PS.C12H10N.Pd/c1-23(2)26-21-30(24(3)4)33(31(22-26)25(5)6)29-19-13-14-20-32(29)38-34(39(35,36)37,27-15-9-7-10-16-27)28-17-11-8-12-18-28;13-12-9-5-4-8-11(12)10-6-2-1-3-7-10;/h13-14,19-25,27-28,38H,7-12,15-18H2,1-6H3,(H,35,36,37);1-6,8-9H,13H2;/q;-1;+2/p-1. The van der Waals surface area contributed by atoms with E-state index < -0.39 is 14.6 Å². The van der Waals surface area contributed by atoms with E-state index in [1.807, 2.05) is 54.6 Å². The van der Waals surface area contributed by atoms with Crippen LogP contribution in [0.5, 0.6) is 0 Å². The van der Waals surface area contributed by atoms with Crippen LogP contribution in [-0.4, -0.2) is 17.5 Å². The van der Waals surface area contributed by atoms with Crippen molar-refractivity contribution in [2.75, 3.05) is 5.73 Å². The molecule has 0 radical (unpaired) electrons. The Morgan fingerprint density at radius 3 is 1.64 bits per heavy atom. The molecule has 0 aliphatic heterocycles. The van der Waals surface area contributed by atoms with Gasteiger partial charge >= 0.3 is 20.4 Å². The molecule has 1 atom stereocenters. The summed E-state index contributed by atoms with van der Waals surface area (Å²) in [6.45, 7) is 13.5. The van der Waals surface area contributed by atoms with Gasteiger partial charge in [0.1, 0.15) is 10.1 Å². The van der Waals surface area contributed by atoms with Gasteiger partial charge in [-0.15, -0.1) is 35.9 Å². The second kappa shape index (κ2) is 19.5. The Kier molecular flexibility index (Phi) is 16.0. The van der Waals surface area contributed by atoms with Crippen molar-refractivity contribution in [3.05, 3.63) is 108 Å². The molecule has 0 aromatic heterocycles. The van der Waals surface area contributed by atoms with Crippen LogP contribution >= 0.6 is 8.58 Å². The summed E-state index contributed by atoms with van der Waals surface area (Å²) >= 11 is 0. The third kappa shape index (κ3) is 10.1. The first kappa shape index (κ1) is 43.4. The average Bonchev–Trinajstić information content (AvgIpc) is 3.14. The van der Waals surface area contributed by atoms with Gasteiger partial charge in [0.2, 0.25) is 0 Å². The molecule has 0 saturated heterocycles. The normalized spacial score (nSPS) is 16.2. The molecule has 4 aromatic carbocycles. The number of rotatable bonds is 10. The maximum Gasteiger partial charge on any atom is 2.00 e. The Morgan fingerprint density at radius 2 is 1.19 bits per heavy atom. The Bertz CT molecular complexity index is 1820. The first-order chi connectivity index (χ1) is 24.8. The van der Waals surface area contributed by atoms with Gasteiger partial charge in [0.25, 0.3) is 0 Å². The summed E-state index contributed by atoms with van der Waals surface area (Å²) in [5.74, 6) is 1.01. The Morgan fingerprint density at radius 1 is 0.698 bits per heavy atom. The zero-order valence-electron chi connectivity index (χ0n) is 32.6. The largest absolute Gasteiger partial charge is 2.00 e. The average molecular weight is 844 g/mol. The van der Waals surface area contributed by atoms with Crippen LogP contribution in [-0.2, 0) is 30.5 Å². The SMILES string of the molecule is CC(C)c1cc(C(C)C)c(-c2ccccc2PC(C2CCCCC2)(C2CCCCC2)S(=O)(=O)[O-])c(C(C)C)c1.Nc1ccccc1-c1[c-]cccc1.[Pd+2]. The maximum absolute atomic E-state index is 13.6. The molecule has 1 unspecified atom stereocenters. The zero-order chi connectivity index (χ0) is 37.5. The van der Waals surface area contributed by atoms with Crippen molar-refractivity contribution < 1.29 is 33.4 Å². The zero-order valence-corrected chi connectivity index (χ0v) is 35.9. The molecule has 2 aliphatic rings. The van der Waals surface area contributed by atoms with Gasteiger partial charge in [-0.05, 0) is 100 Å². The molecule has 0 amide bonds. The van der Waals surface area contributed by atoms with Gasteiger partial charge < -0.3 is 10.3 Å². The van der Waals surface area contributed by atoms with Crippen molar-refractivity contribution in [1.82, 2.24) is 0 Å². The fourth-order valence-electron chi connectivity index (χ4n) is 8.66. The smallest absolute Gasteiger partial charge is 0.747 e. The third-order valence-electron chi connectivity index (χ3n) is 11.5. The minimum atomic E-state index is -4.53. The van der Waals surface area contributed by atoms with Gasteiger partial charge in [-0.1, -0.05) is 149 Å². The Balaban J connectivity index is 0.000000375. The molecule has 2 aliphatic carbocycles. The summed E-state index contributed by atoms with van der Waals surface area (Å²) in [5.41, 5.74) is 15.1. The van der Waals surface area contributed by atoms with Crippen LogP contribution in [0, 0.1) is 17.9 Å². The summed E-state index contributed by atoms with van der Waals surface area (Å²) in [6, 6.07) is 32.0. The number of hydrogen-bond donors (Lipinski definition) is 1. The predicted octanol–water partition coefficient (Wildman–Crippen LogP) is 12.2. The van der Waals surface area contributed by atoms with E-state index in [1.165, 1.54) is 22.3 Å². The fraction of sp³-hybridized carbons (Fsp3) is 0.478. The van der Waals surface area contributed by atoms with E-state index in [-0.39, 0.29) is 40.8 Å². The van der Waals surface area contributed by atoms with E-state index in [2.05, 4.69) is 77.9 Å². The third-order valence-corrected chi connectivity index (χ3v) is 15.9. The Labute approximate surface area is 336 Å². The summed E-state index contributed by atoms with van der Waals surface area (Å²) < 4.78 is 39.7. The van der Waals surface area contributed by atoms with Gasteiger partial charge in [0.05, 0.1) is 4.49 Å². The molecule has 6 rings (SSSR count). The molecule has 4 nitrogen and oxygen atoms in total. The minimum Gasteiger partial charge on any atom is -0.747 e. The van der Waals surface area contributed by atoms with E-state index in [1.54, 1.807) is 0 Å². The number of hydrogen-bond acceptors (Lipinski definition) is 4. The first-order valence-electron chi connectivity index (χ1n) is 19.7. The van der Waals surface area contributed by atoms with Crippen molar-refractivity contribution in [2.24, 2.45) is 11.8 Å². The maximum atomic E-state index is 13.6. The van der Waals surface area contributed by atoms with Crippen LogP contribution in [0.2, 0.25) is 0 Å². The minimum absolute atomic E-state index is 0. The van der Waals surface area contributed by atoms with E-state index in [0.29, 0.717) is 17.8 Å². The van der Waals surface area contributed by atoms with E-state index in [9.17, 15) is 13.0 Å². The van der Waals surface area contributed by atoms with Gasteiger partial charge in [-0.25, -0.2) is 8.42 Å². The van der Waals surface area contributed by atoms with Crippen molar-refractivity contribution in [1.29, 1.82) is 0 Å². The summed E-state index contributed by atoms with van der Waals surface area (Å²) in [6.07, 6.45) is 9.89. The monoisotopic (exact) mass is 843 g/mol. The molecule has 53 heavy (non-hydrogen) atoms. The number of nitrogens with two attached hydrogens (primary N) is 1.